The Kier molecular flexibility index (Phi) is 6.13. The first kappa shape index (κ1) is 19.4. The molecule has 0 saturated carbocycles. The molecule has 7 heteroatoms. The molecule has 0 aromatic heterocycles. The van der Waals surface area contributed by atoms with Gasteiger partial charge in [0.15, 0.2) is 0 Å². The molecule has 1 saturated heterocycles. The van der Waals surface area contributed by atoms with Crippen LogP contribution in [0.5, 0.6) is 5.75 Å². The van der Waals surface area contributed by atoms with Crippen LogP contribution in [0.2, 0.25) is 0 Å². The van der Waals surface area contributed by atoms with Crippen molar-refractivity contribution < 1.29 is 17.9 Å². The number of rotatable bonds is 5. The Balaban J connectivity index is 1.69. The minimum Gasteiger partial charge on any atom is -0.497 e. The topological polar surface area (TPSA) is 75.7 Å². The molecule has 1 aliphatic heterocycles. The molecule has 3 rings (SSSR count). The molecule has 0 radical (unpaired) electrons. The van der Waals surface area contributed by atoms with Crippen LogP contribution in [0.3, 0.4) is 0 Å². The van der Waals surface area contributed by atoms with Crippen molar-refractivity contribution in [3.05, 3.63) is 54.1 Å². The van der Waals surface area contributed by atoms with Gasteiger partial charge in [-0.15, -0.1) is 0 Å². The standard InChI is InChI=1S/C20H24N2O4S/c1-26-18-10-6-16(7-11-18)20(23)21-17-8-12-19(13-9-17)27(24,25)22-14-4-2-3-5-15-22/h6-13H,2-5,14-15H2,1H3,(H,21,23). The fraction of sp³-hybridized carbons (Fsp3) is 0.350. The van der Waals surface area contributed by atoms with Gasteiger partial charge in [-0.05, 0) is 61.4 Å². The second-order valence-corrected chi connectivity index (χ2v) is 8.46. The van der Waals surface area contributed by atoms with Crippen LogP contribution < -0.4 is 10.1 Å². The second-order valence-electron chi connectivity index (χ2n) is 6.53. The van der Waals surface area contributed by atoms with E-state index in [4.69, 9.17) is 4.74 Å². The van der Waals surface area contributed by atoms with Crippen LogP contribution in [0, 0.1) is 0 Å². The van der Waals surface area contributed by atoms with Crippen LogP contribution >= 0.6 is 0 Å². The number of carbonyl (C=O) groups is 1. The van der Waals surface area contributed by atoms with Crippen molar-refractivity contribution in [3.8, 4) is 5.75 Å². The van der Waals surface area contributed by atoms with Gasteiger partial charge in [0.25, 0.3) is 5.91 Å². The van der Waals surface area contributed by atoms with Crippen molar-refractivity contribution in [1.82, 2.24) is 4.31 Å². The molecule has 1 N–H and O–H groups in total. The normalized spacial score (nSPS) is 15.7. The minimum atomic E-state index is -3.48. The lowest BCUT2D eigenvalue weighted by molar-refractivity contribution is 0.102. The predicted octanol–water partition coefficient (Wildman–Crippen LogP) is 3.51. The summed E-state index contributed by atoms with van der Waals surface area (Å²) in [5, 5.41) is 2.78. The number of sulfonamides is 1. The summed E-state index contributed by atoms with van der Waals surface area (Å²) >= 11 is 0. The minimum absolute atomic E-state index is 0.256. The summed E-state index contributed by atoms with van der Waals surface area (Å²) in [6.07, 6.45) is 3.94. The van der Waals surface area contributed by atoms with Crippen LogP contribution in [0.1, 0.15) is 36.0 Å². The zero-order chi connectivity index (χ0) is 19.3. The lowest BCUT2D eigenvalue weighted by Crippen LogP contribution is -2.31. The maximum Gasteiger partial charge on any atom is 0.255 e. The number of methoxy groups -OCH3 is 1. The molecular formula is C20H24N2O4S. The Labute approximate surface area is 160 Å². The van der Waals surface area contributed by atoms with Gasteiger partial charge in [0.05, 0.1) is 12.0 Å². The monoisotopic (exact) mass is 388 g/mol. The van der Waals surface area contributed by atoms with E-state index in [1.807, 2.05) is 0 Å². The fourth-order valence-electron chi connectivity index (χ4n) is 3.09. The molecule has 1 fully saturated rings. The highest BCUT2D eigenvalue weighted by Crippen LogP contribution is 2.22. The smallest absolute Gasteiger partial charge is 0.255 e. The number of benzene rings is 2. The largest absolute Gasteiger partial charge is 0.497 e. The van der Waals surface area contributed by atoms with Crippen molar-refractivity contribution in [2.75, 3.05) is 25.5 Å². The third kappa shape index (κ3) is 4.67. The van der Waals surface area contributed by atoms with Crippen LogP contribution in [0.25, 0.3) is 0 Å². The number of hydrogen-bond donors (Lipinski definition) is 1. The molecule has 1 aliphatic rings. The van der Waals surface area contributed by atoms with Crippen molar-refractivity contribution in [2.45, 2.75) is 30.6 Å². The SMILES string of the molecule is COc1ccc(C(=O)Nc2ccc(S(=O)(=O)N3CCCCCC3)cc2)cc1. The molecule has 0 unspecified atom stereocenters. The van der Waals surface area contributed by atoms with Crippen molar-refractivity contribution >= 4 is 21.6 Å². The molecule has 6 nitrogen and oxygen atoms in total. The van der Waals surface area contributed by atoms with Gasteiger partial charge < -0.3 is 10.1 Å². The molecule has 1 amide bonds. The number of carbonyl (C=O) groups excluding carboxylic acids is 1. The molecule has 0 bridgehead atoms. The molecule has 1 heterocycles. The van der Waals surface area contributed by atoms with Crippen LogP contribution in [0.4, 0.5) is 5.69 Å². The van der Waals surface area contributed by atoms with Crippen LogP contribution in [0.15, 0.2) is 53.4 Å². The maximum atomic E-state index is 12.8. The molecule has 27 heavy (non-hydrogen) atoms. The summed E-state index contributed by atoms with van der Waals surface area (Å²) in [5.74, 6) is 0.412. The van der Waals surface area contributed by atoms with E-state index >= 15 is 0 Å². The summed E-state index contributed by atoms with van der Waals surface area (Å²) in [6.45, 7) is 1.14. The van der Waals surface area contributed by atoms with Crippen molar-refractivity contribution in [1.29, 1.82) is 0 Å². The highest BCUT2D eigenvalue weighted by Gasteiger charge is 2.25. The number of hydrogen-bond acceptors (Lipinski definition) is 4. The first-order valence-corrected chi connectivity index (χ1v) is 10.5. The predicted molar refractivity (Wildman–Crippen MR) is 105 cm³/mol. The highest BCUT2D eigenvalue weighted by atomic mass is 32.2. The zero-order valence-corrected chi connectivity index (χ0v) is 16.2. The average molecular weight is 388 g/mol. The molecule has 0 atom stereocenters. The third-order valence-corrected chi connectivity index (χ3v) is 6.58. The van der Waals surface area contributed by atoms with Gasteiger partial charge in [0.1, 0.15) is 5.75 Å². The Bertz CT molecular complexity index is 869. The Morgan fingerprint density at radius 3 is 2.07 bits per heavy atom. The van der Waals surface area contributed by atoms with E-state index in [1.54, 1.807) is 59.9 Å². The van der Waals surface area contributed by atoms with E-state index in [0.717, 1.165) is 25.7 Å². The maximum absolute atomic E-state index is 12.8. The van der Waals surface area contributed by atoms with Gasteiger partial charge in [-0.1, -0.05) is 12.8 Å². The molecule has 0 spiro atoms. The Hall–Kier alpha value is -2.38. The second kappa shape index (κ2) is 8.54. The summed E-state index contributed by atoms with van der Waals surface area (Å²) in [5.41, 5.74) is 1.04. The van der Waals surface area contributed by atoms with Crippen molar-refractivity contribution in [2.24, 2.45) is 0 Å². The van der Waals surface area contributed by atoms with E-state index < -0.39 is 10.0 Å². The molecule has 2 aromatic carbocycles. The van der Waals surface area contributed by atoms with Gasteiger partial charge in [-0.25, -0.2) is 8.42 Å². The van der Waals surface area contributed by atoms with Crippen molar-refractivity contribution in [3.63, 3.8) is 0 Å². The Morgan fingerprint density at radius 2 is 1.52 bits per heavy atom. The van der Waals surface area contributed by atoms with Gasteiger partial charge >= 0.3 is 0 Å². The number of ether oxygens (including phenoxy) is 1. The number of anilines is 1. The lowest BCUT2D eigenvalue weighted by Gasteiger charge is -2.20. The van der Waals surface area contributed by atoms with E-state index in [1.165, 1.54) is 0 Å². The van der Waals surface area contributed by atoms with Crippen LogP contribution in [-0.2, 0) is 10.0 Å². The van der Waals surface area contributed by atoms with Gasteiger partial charge in [0.2, 0.25) is 10.0 Å². The summed E-state index contributed by atoms with van der Waals surface area (Å²) in [7, 11) is -1.92. The quantitative estimate of drug-likeness (QED) is 0.850. The van der Waals surface area contributed by atoms with E-state index in [9.17, 15) is 13.2 Å². The van der Waals surface area contributed by atoms with Crippen LogP contribution in [-0.4, -0.2) is 38.8 Å². The van der Waals surface area contributed by atoms with E-state index in [-0.39, 0.29) is 10.8 Å². The number of amides is 1. The summed E-state index contributed by atoms with van der Waals surface area (Å²) in [4.78, 5) is 12.6. The number of nitrogens with one attached hydrogen (secondary N) is 1. The zero-order valence-electron chi connectivity index (χ0n) is 15.3. The summed E-state index contributed by atoms with van der Waals surface area (Å²) in [6, 6.07) is 13.1. The van der Waals surface area contributed by atoms with E-state index in [2.05, 4.69) is 5.32 Å². The highest BCUT2D eigenvalue weighted by molar-refractivity contribution is 7.89. The lowest BCUT2D eigenvalue weighted by atomic mass is 10.2. The Morgan fingerprint density at radius 1 is 0.926 bits per heavy atom. The van der Waals surface area contributed by atoms with Gasteiger partial charge in [0, 0.05) is 24.3 Å². The first-order chi connectivity index (χ1) is 13.0. The fourth-order valence-corrected chi connectivity index (χ4v) is 4.60. The average Bonchev–Trinajstić information content (AvgIpc) is 2.98. The summed E-state index contributed by atoms with van der Waals surface area (Å²) < 4.78 is 32.2. The van der Waals surface area contributed by atoms with E-state index in [0.29, 0.717) is 30.1 Å². The molecule has 2 aromatic rings. The molecule has 144 valence electrons. The van der Waals surface area contributed by atoms with Gasteiger partial charge in [-0.2, -0.15) is 4.31 Å². The molecule has 0 aliphatic carbocycles. The molecular weight excluding hydrogens is 364 g/mol. The van der Waals surface area contributed by atoms with Gasteiger partial charge in [-0.3, -0.25) is 4.79 Å². The number of nitrogens with zero attached hydrogens (tertiary/aromatic N) is 1. The first-order valence-electron chi connectivity index (χ1n) is 9.06. The third-order valence-electron chi connectivity index (χ3n) is 4.67.